The molecule has 1 N–H and O–H groups in total. The van der Waals surface area contributed by atoms with Crippen molar-refractivity contribution >= 4 is 10.9 Å². The van der Waals surface area contributed by atoms with E-state index in [0.29, 0.717) is 6.54 Å². The maximum atomic E-state index is 14.0. The number of hydrogen-bond acceptors (Lipinski definition) is 2. The minimum atomic E-state index is -0.765. The van der Waals surface area contributed by atoms with Gasteiger partial charge in [-0.15, -0.1) is 0 Å². The lowest BCUT2D eigenvalue weighted by Gasteiger charge is -2.15. The van der Waals surface area contributed by atoms with E-state index in [0.717, 1.165) is 28.6 Å². The summed E-state index contributed by atoms with van der Waals surface area (Å²) in [6, 6.07) is 4.13. The molecule has 0 saturated carbocycles. The SMILES string of the molecule is Cc1cc2cn[nH]c2cc1[C@@H]1CN(C)C[C@@H]1F. The summed E-state index contributed by atoms with van der Waals surface area (Å²) in [6.45, 7) is 3.37. The van der Waals surface area contributed by atoms with E-state index < -0.39 is 6.17 Å². The van der Waals surface area contributed by atoms with E-state index in [-0.39, 0.29) is 5.92 Å². The average Bonchev–Trinajstić information content (AvgIpc) is 2.83. The molecule has 3 rings (SSSR count). The van der Waals surface area contributed by atoms with E-state index in [1.807, 2.05) is 24.9 Å². The molecule has 4 heteroatoms. The van der Waals surface area contributed by atoms with Crippen LogP contribution in [0, 0.1) is 6.92 Å². The van der Waals surface area contributed by atoms with Crippen LogP contribution in [0.25, 0.3) is 10.9 Å². The molecule has 2 atom stereocenters. The van der Waals surface area contributed by atoms with Crippen LogP contribution in [-0.4, -0.2) is 41.4 Å². The van der Waals surface area contributed by atoms with E-state index in [2.05, 4.69) is 16.3 Å². The number of benzene rings is 1. The Bertz CT molecular complexity index is 549. The van der Waals surface area contributed by atoms with Crippen LogP contribution in [0.4, 0.5) is 4.39 Å². The van der Waals surface area contributed by atoms with Crippen LogP contribution in [0.1, 0.15) is 17.0 Å². The van der Waals surface area contributed by atoms with Crippen LogP contribution >= 0.6 is 0 Å². The van der Waals surface area contributed by atoms with Crippen molar-refractivity contribution in [1.29, 1.82) is 0 Å². The Morgan fingerprint density at radius 1 is 1.41 bits per heavy atom. The molecule has 0 unspecified atom stereocenters. The van der Waals surface area contributed by atoms with Crippen molar-refractivity contribution in [3.05, 3.63) is 29.5 Å². The Labute approximate surface area is 99.6 Å². The number of nitrogens with zero attached hydrogens (tertiary/aromatic N) is 2. The summed E-state index contributed by atoms with van der Waals surface area (Å²) in [4.78, 5) is 2.05. The maximum Gasteiger partial charge on any atom is 0.121 e. The molecule has 1 aliphatic rings. The number of alkyl halides is 1. The molecule has 1 aromatic carbocycles. The van der Waals surface area contributed by atoms with Gasteiger partial charge in [0.2, 0.25) is 0 Å². The van der Waals surface area contributed by atoms with Gasteiger partial charge in [0.15, 0.2) is 0 Å². The minimum Gasteiger partial charge on any atom is -0.303 e. The second kappa shape index (κ2) is 3.81. The van der Waals surface area contributed by atoms with Crippen LogP contribution in [0.2, 0.25) is 0 Å². The highest BCUT2D eigenvalue weighted by Gasteiger charge is 2.32. The van der Waals surface area contributed by atoms with Gasteiger partial charge in [-0.25, -0.2) is 4.39 Å². The average molecular weight is 233 g/mol. The summed E-state index contributed by atoms with van der Waals surface area (Å²) in [7, 11) is 1.97. The van der Waals surface area contributed by atoms with E-state index >= 15 is 0 Å². The molecule has 0 radical (unpaired) electrons. The number of likely N-dealkylation sites (N-methyl/N-ethyl adjacent to an activating group) is 1. The third-order valence-electron chi connectivity index (χ3n) is 3.66. The molecule has 90 valence electrons. The van der Waals surface area contributed by atoms with Gasteiger partial charge in [0.25, 0.3) is 0 Å². The van der Waals surface area contributed by atoms with E-state index in [1.165, 1.54) is 0 Å². The highest BCUT2D eigenvalue weighted by Crippen LogP contribution is 2.32. The van der Waals surface area contributed by atoms with Gasteiger partial charge >= 0.3 is 0 Å². The quantitative estimate of drug-likeness (QED) is 0.819. The zero-order valence-electron chi connectivity index (χ0n) is 10.1. The molecular weight excluding hydrogens is 217 g/mol. The zero-order chi connectivity index (χ0) is 12.0. The molecule has 0 bridgehead atoms. The third kappa shape index (κ3) is 1.72. The summed E-state index contributed by atoms with van der Waals surface area (Å²) in [5.74, 6) is -0.00676. The lowest BCUT2D eigenvalue weighted by Crippen LogP contribution is -2.13. The Morgan fingerprint density at radius 2 is 2.24 bits per heavy atom. The van der Waals surface area contributed by atoms with E-state index in [1.54, 1.807) is 6.20 Å². The number of aromatic amines is 1. The summed E-state index contributed by atoms with van der Waals surface area (Å²) in [5.41, 5.74) is 3.26. The van der Waals surface area contributed by atoms with Crippen LogP contribution in [-0.2, 0) is 0 Å². The number of halogens is 1. The fourth-order valence-electron chi connectivity index (χ4n) is 2.76. The lowest BCUT2D eigenvalue weighted by atomic mass is 9.92. The monoisotopic (exact) mass is 233 g/mol. The van der Waals surface area contributed by atoms with Crippen molar-refractivity contribution in [1.82, 2.24) is 15.1 Å². The highest BCUT2D eigenvalue weighted by atomic mass is 19.1. The zero-order valence-corrected chi connectivity index (χ0v) is 10.1. The van der Waals surface area contributed by atoms with E-state index in [9.17, 15) is 4.39 Å². The second-order valence-electron chi connectivity index (χ2n) is 5.01. The molecular formula is C13H16FN3. The predicted molar refractivity (Wildman–Crippen MR) is 66.0 cm³/mol. The predicted octanol–water partition coefficient (Wildman–Crippen LogP) is 2.24. The summed E-state index contributed by atoms with van der Waals surface area (Å²) < 4.78 is 14.0. The van der Waals surface area contributed by atoms with Gasteiger partial charge < -0.3 is 4.90 Å². The number of fused-ring (bicyclic) bond motifs is 1. The first-order valence-corrected chi connectivity index (χ1v) is 5.91. The molecule has 3 nitrogen and oxygen atoms in total. The number of hydrogen-bond donors (Lipinski definition) is 1. The molecule has 2 heterocycles. The molecule has 1 aromatic heterocycles. The molecule has 0 aliphatic carbocycles. The molecule has 1 aliphatic heterocycles. The van der Waals surface area contributed by atoms with Crippen LogP contribution in [0.3, 0.4) is 0 Å². The Hall–Kier alpha value is -1.42. The van der Waals surface area contributed by atoms with Crippen molar-refractivity contribution < 1.29 is 4.39 Å². The van der Waals surface area contributed by atoms with Gasteiger partial charge in [-0.1, -0.05) is 0 Å². The molecule has 1 fully saturated rings. The van der Waals surface area contributed by atoms with Crippen LogP contribution in [0.5, 0.6) is 0 Å². The van der Waals surface area contributed by atoms with E-state index in [4.69, 9.17) is 0 Å². The number of likely N-dealkylation sites (tertiary alicyclic amines) is 1. The van der Waals surface area contributed by atoms with Gasteiger partial charge in [-0.2, -0.15) is 5.10 Å². The Morgan fingerprint density at radius 3 is 2.94 bits per heavy atom. The van der Waals surface area contributed by atoms with Crippen LogP contribution < -0.4 is 0 Å². The number of nitrogens with one attached hydrogen (secondary N) is 1. The Balaban J connectivity index is 2.07. The molecule has 1 saturated heterocycles. The number of H-pyrrole nitrogens is 1. The van der Waals surface area contributed by atoms with Gasteiger partial charge in [0.1, 0.15) is 6.17 Å². The first kappa shape index (κ1) is 10.7. The van der Waals surface area contributed by atoms with Crippen molar-refractivity contribution in [2.45, 2.75) is 19.0 Å². The molecule has 0 spiro atoms. The topological polar surface area (TPSA) is 31.9 Å². The summed E-state index contributed by atoms with van der Waals surface area (Å²) in [5, 5.41) is 8.06. The lowest BCUT2D eigenvalue weighted by molar-refractivity contribution is 0.309. The fraction of sp³-hybridized carbons (Fsp3) is 0.462. The fourth-order valence-corrected chi connectivity index (χ4v) is 2.76. The van der Waals surface area contributed by atoms with Crippen molar-refractivity contribution in [3.8, 4) is 0 Å². The minimum absolute atomic E-state index is 0.00676. The molecule has 2 aromatic rings. The first-order valence-electron chi connectivity index (χ1n) is 5.91. The number of aryl methyl sites for hydroxylation is 1. The smallest absolute Gasteiger partial charge is 0.121 e. The second-order valence-corrected chi connectivity index (χ2v) is 5.01. The van der Waals surface area contributed by atoms with Gasteiger partial charge in [-0.3, -0.25) is 5.10 Å². The number of aromatic nitrogens is 2. The largest absolute Gasteiger partial charge is 0.303 e. The first-order chi connectivity index (χ1) is 8.15. The van der Waals surface area contributed by atoms with Crippen molar-refractivity contribution in [2.75, 3.05) is 20.1 Å². The molecule has 0 amide bonds. The maximum absolute atomic E-state index is 14.0. The van der Waals surface area contributed by atoms with Crippen LogP contribution in [0.15, 0.2) is 18.3 Å². The number of rotatable bonds is 1. The standard InChI is InChI=1S/C13H16FN3/c1-8-3-9-5-15-16-13(9)4-10(8)11-6-17(2)7-12(11)14/h3-5,11-12H,6-7H2,1-2H3,(H,15,16)/t11-,12-/m0/s1. The summed E-state index contributed by atoms with van der Waals surface area (Å²) >= 11 is 0. The van der Waals surface area contributed by atoms with Crippen molar-refractivity contribution in [3.63, 3.8) is 0 Å². The summed E-state index contributed by atoms with van der Waals surface area (Å²) in [6.07, 6.45) is 1.04. The van der Waals surface area contributed by atoms with Crippen molar-refractivity contribution in [2.24, 2.45) is 0 Å². The third-order valence-corrected chi connectivity index (χ3v) is 3.66. The normalized spacial score (nSPS) is 25.8. The van der Waals surface area contributed by atoms with Gasteiger partial charge in [-0.05, 0) is 37.2 Å². The van der Waals surface area contributed by atoms with Gasteiger partial charge in [0.05, 0.1) is 11.7 Å². The molecule has 17 heavy (non-hydrogen) atoms. The van der Waals surface area contributed by atoms with Gasteiger partial charge in [0, 0.05) is 24.4 Å². The Kier molecular flexibility index (Phi) is 2.40. The highest BCUT2D eigenvalue weighted by molar-refractivity contribution is 5.79.